The van der Waals surface area contributed by atoms with Gasteiger partial charge in [-0.2, -0.15) is 4.98 Å². The number of aromatic nitrogens is 2. The number of nitrogens with zero attached hydrogens (tertiary/aromatic N) is 3. The largest absolute Gasteiger partial charge is 0.474 e. The Morgan fingerprint density at radius 2 is 2.17 bits per heavy atom. The lowest BCUT2D eigenvalue weighted by atomic mass is 10.1. The van der Waals surface area contributed by atoms with Gasteiger partial charge in [0.15, 0.2) is 0 Å². The zero-order valence-electron chi connectivity index (χ0n) is 10.1. The molecule has 2 aromatic heterocycles. The van der Waals surface area contributed by atoms with Crippen molar-refractivity contribution >= 4 is 33.2 Å². The van der Waals surface area contributed by atoms with Crippen LogP contribution in [0.25, 0.3) is 10.2 Å². The Balaban J connectivity index is 1.83. The number of ether oxygens (including phenoxy) is 1. The van der Waals surface area contributed by atoms with Crippen LogP contribution < -0.4 is 4.74 Å². The summed E-state index contributed by atoms with van der Waals surface area (Å²) < 4.78 is 6.00. The predicted octanol–water partition coefficient (Wildman–Crippen LogP) is 2.82. The van der Waals surface area contributed by atoms with Gasteiger partial charge in [-0.15, -0.1) is 11.3 Å². The van der Waals surface area contributed by atoms with Crippen molar-refractivity contribution in [2.45, 2.75) is 18.9 Å². The molecule has 3 heterocycles. The molecule has 4 nitrogen and oxygen atoms in total. The second kappa shape index (κ2) is 4.99. The van der Waals surface area contributed by atoms with Crippen molar-refractivity contribution in [1.82, 2.24) is 14.9 Å². The summed E-state index contributed by atoms with van der Waals surface area (Å²) in [5.74, 6) is 0.626. The molecule has 0 radical (unpaired) electrons. The van der Waals surface area contributed by atoms with Crippen LogP contribution in [0.15, 0.2) is 11.4 Å². The normalized spacial score (nSPS) is 18.3. The molecular formula is C12H14ClN3OS. The zero-order valence-corrected chi connectivity index (χ0v) is 11.7. The Morgan fingerprint density at radius 1 is 1.39 bits per heavy atom. The van der Waals surface area contributed by atoms with E-state index in [4.69, 9.17) is 16.3 Å². The van der Waals surface area contributed by atoms with Crippen LogP contribution in [-0.4, -0.2) is 41.1 Å². The summed E-state index contributed by atoms with van der Waals surface area (Å²) in [4.78, 5) is 11.6. The second-order valence-corrected chi connectivity index (χ2v) is 5.79. The molecule has 3 rings (SSSR count). The van der Waals surface area contributed by atoms with Gasteiger partial charge < -0.3 is 9.64 Å². The molecule has 0 N–H and O–H groups in total. The van der Waals surface area contributed by atoms with E-state index in [1.807, 2.05) is 11.4 Å². The molecule has 0 spiro atoms. The smallest absolute Gasteiger partial charge is 0.227 e. The van der Waals surface area contributed by atoms with Gasteiger partial charge in [-0.25, -0.2) is 4.98 Å². The number of halogens is 1. The Morgan fingerprint density at radius 3 is 2.94 bits per heavy atom. The Hall–Kier alpha value is -0.910. The molecule has 0 aromatic carbocycles. The topological polar surface area (TPSA) is 38.2 Å². The maximum absolute atomic E-state index is 6.00. The summed E-state index contributed by atoms with van der Waals surface area (Å²) in [5, 5.41) is 3.20. The van der Waals surface area contributed by atoms with Crippen LogP contribution in [0.3, 0.4) is 0 Å². The first kappa shape index (κ1) is 12.1. The van der Waals surface area contributed by atoms with E-state index in [0.29, 0.717) is 5.88 Å². The van der Waals surface area contributed by atoms with Crippen molar-refractivity contribution in [3.63, 3.8) is 0 Å². The number of rotatable bonds is 2. The molecular weight excluding hydrogens is 270 g/mol. The van der Waals surface area contributed by atoms with Gasteiger partial charge in [0.05, 0.1) is 5.39 Å². The Bertz CT molecular complexity index is 551. The molecule has 0 unspecified atom stereocenters. The third-order valence-electron chi connectivity index (χ3n) is 3.21. The highest BCUT2D eigenvalue weighted by atomic mass is 35.5. The van der Waals surface area contributed by atoms with E-state index in [1.165, 1.54) is 0 Å². The summed E-state index contributed by atoms with van der Waals surface area (Å²) >= 11 is 7.47. The van der Waals surface area contributed by atoms with Crippen LogP contribution in [-0.2, 0) is 0 Å². The van der Waals surface area contributed by atoms with Crippen molar-refractivity contribution < 1.29 is 4.74 Å². The minimum atomic E-state index is 0.232. The van der Waals surface area contributed by atoms with Crippen LogP contribution in [0.4, 0.5) is 0 Å². The molecule has 1 fully saturated rings. The zero-order chi connectivity index (χ0) is 12.5. The first-order valence-electron chi connectivity index (χ1n) is 5.98. The summed E-state index contributed by atoms with van der Waals surface area (Å²) in [5.41, 5.74) is 0. The Kier molecular flexibility index (Phi) is 3.37. The number of hydrogen-bond acceptors (Lipinski definition) is 5. The summed E-state index contributed by atoms with van der Waals surface area (Å²) in [7, 11) is 2.13. The van der Waals surface area contributed by atoms with Crippen molar-refractivity contribution in [3.05, 3.63) is 16.7 Å². The van der Waals surface area contributed by atoms with Crippen LogP contribution in [0.1, 0.15) is 12.8 Å². The van der Waals surface area contributed by atoms with Crippen LogP contribution in [0.2, 0.25) is 5.28 Å². The van der Waals surface area contributed by atoms with E-state index in [0.717, 1.165) is 36.1 Å². The van der Waals surface area contributed by atoms with Crippen LogP contribution >= 0.6 is 22.9 Å². The molecule has 6 heteroatoms. The number of likely N-dealkylation sites (tertiary alicyclic amines) is 1. The minimum Gasteiger partial charge on any atom is -0.474 e. The van der Waals surface area contributed by atoms with E-state index in [-0.39, 0.29) is 11.4 Å². The van der Waals surface area contributed by atoms with Crippen molar-refractivity contribution in [2.75, 3.05) is 20.1 Å². The van der Waals surface area contributed by atoms with Gasteiger partial charge in [-0.1, -0.05) is 0 Å². The summed E-state index contributed by atoms with van der Waals surface area (Å²) in [6.45, 7) is 2.13. The van der Waals surface area contributed by atoms with E-state index in [9.17, 15) is 0 Å². The maximum Gasteiger partial charge on any atom is 0.227 e. The number of thiophene rings is 1. The number of hydrogen-bond donors (Lipinski definition) is 0. The van der Waals surface area contributed by atoms with Crippen molar-refractivity contribution in [2.24, 2.45) is 0 Å². The fraction of sp³-hybridized carbons (Fsp3) is 0.500. The molecule has 2 aromatic rings. The highest BCUT2D eigenvalue weighted by Crippen LogP contribution is 2.29. The molecule has 0 atom stereocenters. The second-order valence-electron chi connectivity index (χ2n) is 4.56. The highest BCUT2D eigenvalue weighted by Gasteiger charge is 2.20. The Labute approximate surface area is 115 Å². The lowest BCUT2D eigenvalue weighted by molar-refractivity contribution is 0.111. The fourth-order valence-electron chi connectivity index (χ4n) is 2.15. The molecule has 1 aliphatic heterocycles. The third-order valence-corrected chi connectivity index (χ3v) is 4.18. The fourth-order valence-corrected chi connectivity index (χ4v) is 3.12. The van der Waals surface area contributed by atoms with E-state index in [2.05, 4.69) is 21.9 Å². The van der Waals surface area contributed by atoms with Crippen molar-refractivity contribution in [3.8, 4) is 5.88 Å². The number of fused-ring (bicyclic) bond motifs is 1. The molecule has 1 aliphatic rings. The predicted molar refractivity (Wildman–Crippen MR) is 73.6 cm³/mol. The van der Waals surface area contributed by atoms with Crippen molar-refractivity contribution in [1.29, 1.82) is 0 Å². The van der Waals surface area contributed by atoms with Gasteiger partial charge in [0, 0.05) is 13.1 Å². The minimum absolute atomic E-state index is 0.232. The maximum atomic E-state index is 6.00. The van der Waals surface area contributed by atoms with Crippen LogP contribution in [0.5, 0.6) is 5.88 Å². The van der Waals surface area contributed by atoms with E-state index < -0.39 is 0 Å². The number of piperidine rings is 1. The third kappa shape index (κ3) is 2.43. The average molecular weight is 284 g/mol. The molecule has 0 amide bonds. The standard InChI is InChI=1S/C12H14ClN3OS/c1-16-5-2-8(3-6-16)17-10-9-4-7-18-11(9)15-12(13)14-10/h4,7-8H,2-3,5-6H2,1H3. The molecule has 0 bridgehead atoms. The van der Waals surface area contributed by atoms with Gasteiger partial charge in [0.2, 0.25) is 11.2 Å². The van der Waals surface area contributed by atoms with Gasteiger partial charge >= 0.3 is 0 Å². The van der Waals surface area contributed by atoms with Gasteiger partial charge in [0.1, 0.15) is 10.9 Å². The molecule has 0 saturated carbocycles. The monoisotopic (exact) mass is 283 g/mol. The summed E-state index contributed by atoms with van der Waals surface area (Å²) in [6.07, 6.45) is 2.29. The first-order chi connectivity index (χ1) is 8.72. The summed E-state index contributed by atoms with van der Waals surface area (Å²) in [6, 6.07) is 1.99. The quantitative estimate of drug-likeness (QED) is 0.795. The average Bonchev–Trinajstić information content (AvgIpc) is 2.80. The first-order valence-corrected chi connectivity index (χ1v) is 7.24. The lowest BCUT2D eigenvalue weighted by Gasteiger charge is -2.29. The van der Waals surface area contributed by atoms with E-state index in [1.54, 1.807) is 11.3 Å². The molecule has 0 aliphatic carbocycles. The SMILES string of the molecule is CN1CCC(Oc2nc(Cl)nc3sccc23)CC1. The highest BCUT2D eigenvalue weighted by molar-refractivity contribution is 7.16. The molecule has 18 heavy (non-hydrogen) atoms. The molecule has 96 valence electrons. The van der Waals surface area contributed by atoms with E-state index >= 15 is 0 Å². The van der Waals surface area contributed by atoms with Gasteiger partial charge in [-0.05, 0) is 42.9 Å². The van der Waals surface area contributed by atoms with Crippen LogP contribution in [0, 0.1) is 0 Å². The lowest BCUT2D eigenvalue weighted by Crippen LogP contribution is -2.35. The molecule has 1 saturated heterocycles. The van der Waals surface area contributed by atoms with Gasteiger partial charge in [-0.3, -0.25) is 0 Å². The van der Waals surface area contributed by atoms with Gasteiger partial charge in [0.25, 0.3) is 0 Å².